The summed E-state index contributed by atoms with van der Waals surface area (Å²) in [5.74, 6) is 1.58. The number of carbonyl (C=O) groups excluding carboxylic acids is 1. The van der Waals surface area contributed by atoms with Crippen LogP contribution >= 0.6 is 23.1 Å². The monoisotopic (exact) mass is 429 g/mol. The van der Waals surface area contributed by atoms with Crippen molar-refractivity contribution in [2.24, 2.45) is 0 Å². The maximum atomic E-state index is 12.1. The number of aromatic nitrogens is 1. The molecule has 0 saturated carbocycles. The maximum absolute atomic E-state index is 12.1. The molecule has 2 aromatic carbocycles. The van der Waals surface area contributed by atoms with Gasteiger partial charge in [-0.2, -0.15) is 0 Å². The zero-order chi connectivity index (χ0) is 20.6. The van der Waals surface area contributed by atoms with Gasteiger partial charge in [-0.15, -0.1) is 23.1 Å². The highest BCUT2D eigenvalue weighted by Gasteiger charge is 2.10. The van der Waals surface area contributed by atoms with Crippen LogP contribution in [-0.2, 0) is 4.79 Å². The molecule has 0 saturated heterocycles. The van der Waals surface area contributed by atoms with Gasteiger partial charge in [-0.3, -0.25) is 14.9 Å². The first-order valence-electron chi connectivity index (χ1n) is 8.82. The number of non-ortho nitro benzene ring substituents is 1. The van der Waals surface area contributed by atoms with Crippen molar-refractivity contribution in [1.29, 1.82) is 0 Å². The molecule has 150 valence electrons. The lowest BCUT2D eigenvalue weighted by Crippen LogP contribution is -2.11. The van der Waals surface area contributed by atoms with Crippen molar-refractivity contribution >= 4 is 39.8 Å². The Labute approximate surface area is 176 Å². The van der Waals surface area contributed by atoms with E-state index in [9.17, 15) is 14.9 Å². The van der Waals surface area contributed by atoms with Crippen LogP contribution in [0.15, 0.2) is 58.8 Å². The van der Waals surface area contributed by atoms with Gasteiger partial charge in [0.1, 0.15) is 5.75 Å². The molecule has 0 bridgehead atoms. The zero-order valence-electron chi connectivity index (χ0n) is 15.7. The molecule has 1 aromatic heterocycles. The number of thiazole rings is 1. The van der Waals surface area contributed by atoms with Crippen LogP contribution in [0, 0.1) is 10.1 Å². The predicted molar refractivity (Wildman–Crippen MR) is 116 cm³/mol. The number of anilines is 1. The van der Waals surface area contributed by atoms with Crippen LogP contribution in [0.25, 0.3) is 11.3 Å². The molecule has 1 amide bonds. The molecule has 9 heteroatoms. The zero-order valence-corrected chi connectivity index (χ0v) is 17.3. The molecule has 3 aromatic rings. The lowest BCUT2D eigenvalue weighted by atomic mass is 10.1. The number of nitro groups is 1. The van der Waals surface area contributed by atoms with Gasteiger partial charge < -0.3 is 10.1 Å². The van der Waals surface area contributed by atoms with E-state index < -0.39 is 4.92 Å². The number of methoxy groups -OCH3 is 1. The van der Waals surface area contributed by atoms with Crippen LogP contribution in [0.3, 0.4) is 0 Å². The van der Waals surface area contributed by atoms with E-state index in [2.05, 4.69) is 10.3 Å². The summed E-state index contributed by atoms with van der Waals surface area (Å²) in [6.45, 7) is 0. The Morgan fingerprint density at radius 1 is 1.21 bits per heavy atom. The predicted octanol–water partition coefficient (Wildman–Crippen LogP) is 5.24. The number of ether oxygens (including phenoxy) is 1. The molecule has 0 aliphatic heterocycles. The summed E-state index contributed by atoms with van der Waals surface area (Å²) in [5.41, 5.74) is 1.48. The van der Waals surface area contributed by atoms with Crippen molar-refractivity contribution < 1.29 is 14.5 Å². The standard InChI is InChI=1S/C20H19N3O4S2/c1-27-16-8-10-17(11-9-16)28-12-2-3-19(24)22-20-21-18(13-29-20)14-4-6-15(7-5-14)23(25)26/h4-11,13H,2-3,12H2,1H3,(H,21,22,24). The largest absolute Gasteiger partial charge is 0.497 e. The van der Waals surface area contributed by atoms with Crippen molar-refractivity contribution in [1.82, 2.24) is 4.98 Å². The first kappa shape index (κ1) is 20.8. The molecule has 0 atom stereocenters. The fourth-order valence-corrected chi connectivity index (χ4v) is 4.08. The third kappa shape index (κ3) is 6.03. The van der Waals surface area contributed by atoms with Crippen LogP contribution in [0.1, 0.15) is 12.8 Å². The Morgan fingerprint density at radius 3 is 2.59 bits per heavy atom. The van der Waals surface area contributed by atoms with Gasteiger partial charge in [0.25, 0.3) is 5.69 Å². The van der Waals surface area contributed by atoms with Crippen LogP contribution < -0.4 is 10.1 Å². The smallest absolute Gasteiger partial charge is 0.269 e. The second kappa shape index (κ2) is 10.0. The van der Waals surface area contributed by atoms with Crippen molar-refractivity contribution in [2.45, 2.75) is 17.7 Å². The summed E-state index contributed by atoms with van der Waals surface area (Å²) in [6.07, 6.45) is 1.17. The van der Waals surface area contributed by atoms with E-state index in [1.165, 1.54) is 23.5 Å². The van der Waals surface area contributed by atoms with Gasteiger partial charge in [-0.25, -0.2) is 4.98 Å². The SMILES string of the molecule is COc1ccc(SCCCC(=O)Nc2nc(-c3ccc([N+](=O)[O-])cc3)cs2)cc1. The van der Waals surface area contributed by atoms with E-state index in [-0.39, 0.29) is 11.6 Å². The van der Waals surface area contributed by atoms with Gasteiger partial charge in [0.05, 0.1) is 17.7 Å². The summed E-state index contributed by atoms with van der Waals surface area (Å²) in [4.78, 5) is 27.9. The molecule has 29 heavy (non-hydrogen) atoms. The second-order valence-corrected chi connectivity index (χ2v) is 8.04. The lowest BCUT2D eigenvalue weighted by molar-refractivity contribution is -0.384. The summed E-state index contributed by atoms with van der Waals surface area (Å²) in [5, 5.41) is 15.9. The first-order chi connectivity index (χ1) is 14.0. The molecular formula is C20H19N3O4S2. The molecular weight excluding hydrogens is 410 g/mol. The number of nitrogens with zero attached hydrogens (tertiary/aromatic N) is 2. The average molecular weight is 430 g/mol. The third-order valence-electron chi connectivity index (χ3n) is 4.00. The number of nitro benzene ring substituents is 1. The van der Waals surface area contributed by atoms with Gasteiger partial charge in [0.15, 0.2) is 5.13 Å². The number of hydrogen-bond acceptors (Lipinski definition) is 7. The first-order valence-corrected chi connectivity index (χ1v) is 10.7. The van der Waals surface area contributed by atoms with Gasteiger partial charge >= 0.3 is 0 Å². The van der Waals surface area contributed by atoms with Crippen molar-refractivity contribution in [2.75, 3.05) is 18.2 Å². The maximum Gasteiger partial charge on any atom is 0.269 e. The fraction of sp³-hybridized carbons (Fsp3) is 0.200. The number of thioether (sulfide) groups is 1. The molecule has 0 fully saturated rings. The van der Waals surface area contributed by atoms with E-state index in [0.717, 1.165) is 28.4 Å². The van der Waals surface area contributed by atoms with Gasteiger partial charge in [-0.1, -0.05) is 0 Å². The van der Waals surface area contributed by atoms with Crippen molar-refractivity contribution in [3.05, 3.63) is 64.0 Å². The molecule has 3 rings (SSSR count). The van der Waals surface area contributed by atoms with E-state index in [0.29, 0.717) is 17.2 Å². The summed E-state index contributed by atoms with van der Waals surface area (Å²) in [7, 11) is 1.64. The highest BCUT2D eigenvalue weighted by molar-refractivity contribution is 7.99. The van der Waals surface area contributed by atoms with Crippen LogP contribution in [-0.4, -0.2) is 28.7 Å². The number of hydrogen-bond donors (Lipinski definition) is 1. The van der Waals surface area contributed by atoms with Gasteiger partial charge in [-0.05, 0) is 48.6 Å². The molecule has 1 heterocycles. The number of benzene rings is 2. The van der Waals surface area contributed by atoms with Gasteiger partial charge in [0.2, 0.25) is 5.91 Å². The van der Waals surface area contributed by atoms with E-state index in [1.807, 2.05) is 29.6 Å². The topological polar surface area (TPSA) is 94.4 Å². The van der Waals surface area contributed by atoms with Crippen LogP contribution in [0.2, 0.25) is 0 Å². The Bertz CT molecular complexity index is 972. The number of rotatable bonds is 9. The highest BCUT2D eigenvalue weighted by atomic mass is 32.2. The summed E-state index contributed by atoms with van der Waals surface area (Å²) in [6, 6.07) is 14.0. The number of amides is 1. The molecule has 7 nitrogen and oxygen atoms in total. The number of carbonyl (C=O) groups is 1. The Kier molecular flexibility index (Phi) is 7.20. The quantitative estimate of drug-likeness (QED) is 0.216. The Hall–Kier alpha value is -2.91. The van der Waals surface area contributed by atoms with E-state index >= 15 is 0 Å². The molecule has 1 N–H and O–H groups in total. The normalized spacial score (nSPS) is 10.5. The minimum Gasteiger partial charge on any atom is -0.497 e. The lowest BCUT2D eigenvalue weighted by Gasteiger charge is -2.04. The minimum atomic E-state index is -0.441. The molecule has 0 radical (unpaired) electrons. The summed E-state index contributed by atoms with van der Waals surface area (Å²) < 4.78 is 5.13. The third-order valence-corrected chi connectivity index (χ3v) is 5.86. The Balaban J connectivity index is 1.44. The second-order valence-electron chi connectivity index (χ2n) is 6.02. The van der Waals surface area contributed by atoms with Crippen LogP contribution in [0.4, 0.5) is 10.8 Å². The highest BCUT2D eigenvalue weighted by Crippen LogP contribution is 2.27. The minimum absolute atomic E-state index is 0.0324. The molecule has 0 aliphatic carbocycles. The van der Waals surface area contributed by atoms with E-state index in [1.54, 1.807) is 31.0 Å². The van der Waals surface area contributed by atoms with Gasteiger partial charge in [0, 0.05) is 34.4 Å². The molecule has 0 spiro atoms. The van der Waals surface area contributed by atoms with Crippen molar-refractivity contribution in [3.8, 4) is 17.0 Å². The molecule has 0 unspecified atom stereocenters. The van der Waals surface area contributed by atoms with Crippen molar-refractivity contribution in [3.63, 3.8) is 0 Å². The Morgan fingerprint density at radius 2 is 1.93 bits per heavy atom. The summed E-state index contributed by atoms with van der Waals surface area (Å²) >= 11 is 3.02. The van der Waals surface area contributed by atoms with E-state index in [4.69, 9.17) is 4.74 Å². The number of nitrogens with one attached hydrogen (secondary N) is 1. The fourth-order valence-electron chi connectivity index (χ4n) is 2.49. The van der Waals surface area contributed by atoms with Crippen LogP contribution in [0.5, 0.6) is 5.75 Å². The molecule has 0 aliphatic rings. The average Bonchev–Trinajstić information content (AvgIpc) is 3.20.